The molecular formula is C54H36BNO2Si. The van der Waals surface area contributed by atoms with E-state index in [2.05, 4.69) is 223 Å². The van der Waals surface area contributed by atoms with Crippen molar-refractivity contribution in [3.63, 3.8) is 0 Å². The zero-order valence-electron chi connectivity index (χ0n) is 32.1. The van der Waals surface area contributed by atoms with Gasteiger partial charge in [-0.3, -0.25) is 0 Å². The van der Waals surface area contributed by atoms with E-state index < -0.39 is 8.07 Å². The first-order valence-corrected chi connectivity index (χ1v) is 22.3. The van der Waals surface area contributed by atoms with Crippen molar-refractivity contribution in [3.8, 4) is 45.2 Å². The van der Waals surface area contributed by atoms with Gasteiger partial charge in [0.2, 0.25) is 0 Å². The number of hydrogen-bond acceptors (Lipinski definition) is 2. The first-order valence-electron chi connectivity index (χ1n) is 20.3. The van der Waals surface area contributed by atoms with Crippen LogP contribution in [0.1, 0.15) is 0 Å². The fourth-order valence-corrected chi connectivity index (χ4v) is 15.0. The van der Waals surface area contributed by atoms with Gasteiger partial charge in [0.15, 0.2) is 8.07 Å². The molecule has 2 aliphatic rings. The van der Waals surface area contributed by atoms with E-state index in [0.717, 1.165) is 61.6 Å². The summed E-state index contributed by atoms with van der Waals surface area (Å²) in [7, 11) is -2.81. The molecule has 0 unspecified atom stereocenters. The number of hydrogen-bond donors (Lipinski definition) is 0. The number of fused-ring (bicyclic) bond motifs is 7. The highest BCUT2D eigenvalue weighted by Crippen LogP contribution is 2.43. The molecule has 0 atom stereocenters. The molecule has 59 heavy (non-hydrogen) atoms. The van der Waals surface area contributed by atoms with Crippen LogP contribution in [0.4, 0.5) is 0 Å². The fraction of sp³-hybridized carbons (Fsp3) is 0. The second kappa shape index (κ2) is 13.4. The van der Waals surface area contributed by atoms with Crippen LogP contribution in [-0.2, 0) is 0 Å². The van der Waals surface area contributed by atoms with Gasteiger partial charge < -0.3 is 14.0 Å². The molecule has 276 valence electrons. The maximum Gasteiger partial charge on any atom is 0.434 e. The van der Waals surface area contributed by atoms with Gasteiger partial charge >= 0.3 is 6.92 Å². The minimum atomic E-state index is -2.81. The summed E-state index contributed by atoms with van der Waals surface area (Å²) in [5.74, 6) is 2.52. The summed E-state index contributed by atoms with van der Waals surface area (Å²) >= 11 is 0. The van der Waals surface area contributed by atoms with Gasteiger partial charge in [-0.1, -0.05) is 182 Å². The number of nitrogens with zero attached hydrogens (tertiary/aromatic N) is 1. The summed E-state index contributed by atoms with van der Waals surface area (Å²) in [4.78, 5) is 0. The fourth-order valence-electron chi connectivity index (χ4n) is 9.97. The van der Waals surface area contributed by atoms with E-state index in [9.17, 15) is 0 Å². The maximum absolute atomic E-state index is 7.13. The lowest BCUT2D eigenvalue weighted by atomic mass is 9.50. The van der Waals surface area contributed by atoms with Crippen molar-refractivity contribution in [2.75, 3.05) is 0 Å². The molecule has 3 nitrogen and oxygen atoms in total. The second-order valence-corrected chi connectivity index (χ2v) is 19.3. The number of ether oxygens (including phenoxy) is 1. The largest absolute Gasteiger partial charge is 0.551 e. The first-order chi connectivity index (χ1) is 29.3. The van der Waals surface area contributed by atoms with E-state index in [1.165, 1.54) is 37.1 Å². The van der Waals surface area contributed by atoms with Crippen LogP contribution in [0.25, 0.3) is 49.7 Å². The SMILES string of the molecule is c1ccc([Si](c2ccccc2)(c2ccccc2)c2ccccc2-c2ccc3c(c2)-c2cccc4c2B(O3)c2cccc(-n3c5ccccc5c5ccccc53)c2O4)cc1. The molecule has 3 heterocycles. The van der Waals surface area contributed by atoms with Gasteiger partial charge in [0.05, 0.1) is 16.7 Å². The third kappa shape index (κ3) is 5.02. The summed E-state index contributed by atoms with van der Waals surface area (Å²) < 4.78 is 16.5. The second-order valence-electron chi connectivity index (χ2n) is 15.5. The Bertz CT molecular complexity index is 3090. The predicted octanol–water partition coefficient (Wildman–Crippen LogP) is 9.10. The van der Waals surface area contributed by atoms with Crippen molar-refractivity contribution in [1.82, 2.24) is 4.57 Å². The number of rotatable bonds is 6. The average Bonchev–Trinajstić information content (AvgIpc) is 3.64. The first kappa shape index (κ1) is 33.8. The van der Waals surface area contributed by atoms with Gasteiger partial charge in [-0.2, -0.15) is 0 Å². The Morgan fingerprint density at radius 2 is 0.983 bits per heavy atom. The lowest BCUT2D eigenvalue weighted by molar-refractivity contribution is 0.477. The van der Waals surface area contributed by atoms with Crippen molar-refractivity contribution in [1.29, 1.82) is 0 Å². The van der Waals surface area contributed by atoms with Crippen LogP contribution in [0.3, 0.4) is 0 Å². The summed E-state index contributed by atoms with van der Waals surface area (Å²) in [6.07, 6.45) is 0. The summed E-state index contributed by atoms with van der Waals surface area (Å²) in [5.41, 5.74) is 9.97. The van der Waals surface area contributed by atoms with Crippen molar-refractivity contribution in [3.05, 3.63) is 218 Å². The van der Waals surface area contributed by atoms with Crippen molar-refractivity contribution < 1.29 is 9.39 Å². The molecule has 0 fully saturated rings. The van der Waals surface area contributed by atoms with Crippen LogP contribution in [0.2, 0.25) is 0 Å². The van der Waals surface area contributed by atoms with E-state index in [-0.39, 0.29) is 6.92 Å². The van der Waals surface area contributed by atoms with Gasteiger partial charge in [-0.05, 0) is 73.8 Å². The van der Waals surface area contributed by atoms with E-state index >= 15 is 0 Å². The smallest absolute Gasteiger partial charge is 0.434 e. The van der Waals surface area contributed by atoms with Gasteiger partial charge in [0, 0.05) is 27.3 Å². The monoisotopic (exact) mass is 769 g/mol. The molecule has 1 aromatic heterocycles. The molecule has 10 aromatic rings. The highest BCUT2D eigenvalue weighted by Gasteiger charge is 2.44. The molecule has 9 aromatic carbocycles. The molecule has 0 bridgehead atoms. The quantitative estimate of drug-likeness (QED) is 0.125. The Kier molecular flexibility index (Phi) is 7.65. The summed E-state index contributed by atoms with van der Waals surface area (Å²) in [5, 5.41) is 7.83. The van der Waals surface area contributed by atoms with Crippen LogP contribution in [0, 0.1) is 0 Å². The molecule has 0 spiro atoms. The Morgan fingerprint density at radius 1 is 0.424 bits per heavy atom. The molecule has 5 heteroatoms. The number of benzene rings is 9. The van der Waals surface area contributed by atoms with E-state index in [0.29, 0.717) is 0 Å². The molecule has 0 amide bonds. The minimum Gasteiger partial charge on any atom is -0.551 e. The minimum absolute atomic E-state index is 0.321. The van der Waals surface area contributed by atoms with E-state index in [1.54, 1.807) is 0 Å². The van der Waals surface area contributed by atoms with Crippen molar-refractivity contribution in [2.45, 2.75) is 0 Å². The molecule has 0 aliphatic carbocycles. The normalized spacial score (nSPS) is 12.6. The van der Waals surface area contributed by atoms with Crippen LogP contribution in [0.15, 0.2) is 218 Å². The zero-order valence-corrected chi connectivity index (χ0v) is 33.1. The maximum atomic E-state index is 7.13. The van der Waals surface area contributed by atoms with E-state index in [1.807, 2.05) is 0 Å². The van der Waals surface area contributed by atoms with Gasteiger partial charge in [-0.15, -0.1) is 0 Å². The molecular weight excluding hydrogens is 733 g/mol. The highest BCUT2D eigenvalue weighted by molar-refractivity contribution is 7.20. The van der Waals surface area contributed by atoms with E-state index in [4.69, 9.17) is 9.39 Å². The Hall–Kier alpha value is -7.34. The third-order valence-electron chi connectivity index (χ3n) is 12.4. The standard InChI is InChI=1S/C54H36BNO2Si/c1-4-18-38(19-5-1)59(39-20-6-2-7-21-39,40-22-8-3-9-23-40)52-33-15-12-24-41(52)37-34-35-50-45(36-37)44-27-16-32-51-53(44)55(58-50)46-28-17-31-49(54(46)57-51)56-47-29-13-10-25-42(47)43-26-11-14-30-48(43)56/h1-36H. The molecule has 0 N–H and O–H groups in total. The third-order valence-corrected chi connectivity index (χ3v) is 17.3. The van der Waals surface area contributed by atoms with Crippen molar-refractivity contribution in [2.24, 2.45) is 0 Å². The lowest BCUT2D eigenvalue weighted by Gasteiger charge is -2.36. The average molecular weight is 770 g/mol. The summed E-state index contributed by atoms with van der Waals surface area (Å²) in [6.45, 7) is -0.321. The van der Waals surface area contributed by atoms with Crippen LogP contribution >= 0.6 is 0 Å². The molecule has 0 saturated heterocycles. The lowest BCUT2D eigenvalue weighted by Crippen LogP contribution is -2.75. The molecule has 0 saturated carbocycles. The molecule has 0 radical (unpaired) electrons. The van der Waals surface area contributed by atoms with Crippen LogP contribution < -0.4 is 41.1 Å². The molecule has 12 rings (SSSR count). The van der Waals surface area contributed by atoms with Gasteiger partial charge in [0.25, 0.3) is 0 Å². The summed E-state index contributed by atoms with van der Waals surface area (Å²) in [6, 6.07) is 79.3. The topological polar surface area (TPSA) is 23.4 Å². The van der Waals surface area contributed by atoms with Gasteiger partial charge in [-0.25, -0.2) is 0 Å². The van der Waals surface area contributed by atoms with Crippen LogP contribution in [-0.4, -0.2) is 19.6 Å². The Balaban J connectivity index is 1.02. The zero-order chi connectivity index (χ0) is 38.9. The van der Waals surface area contributed by atoms with Crippen molar-refractivity contribution >= 4 is 68.5 Å². The Morgan fingerprint density at radius 3 is 1.64 bits per heavy atom. The number of para-hydroxylation sites is 3. The van der Waals surface area contributed by atoms with Gasteiger partial charge in [0.1, 0.15) is 17.2 Å². The number of aromatic nitrogens is 1. The molecule has 2 aliphatic heterocycles. The highest BCUT2D eigenvalue weighted by atomic mass is 28.3. The predicted molar refractivity (Wildman–Crippen MR) is 247 cm³/mol. The van der Waals surface area contributed by atoms with Crippen LogP contribution in [0.5, 0.6) is 17.2 Å². The Labute approximate surface area is 344 Å².